The molecular weight excluding hydrogens is 424 g/mol. The molecule has 0 saturated carbocycles. The maximum Gasteiger partial charge on any atom is 0.264 e. The number of halogens is 2. The lowest BCUT2D eigenvalue weighted by molar-refractivity contribution is 0.551. The molecule has 0 amide bonds. The summed E-state index contributed by atoms with van der Waals surface area (Å²) in [7, 11) is -4.20. The Bertz CT molecular complexity index is 1170. The fourth-order valence-electron chi connectivity index (χ4n) is 3.00. The summed E-state index contributed by atoms with van der Waals surface area (Å²) < 4.78 is 54.0. The zero-order valence-corrected chi connectivity index (χ0v) is 18.2. The van der Waals surface area contributed by atoms with Crippen molar-refractivity contribution >= 4 is 33.0 Å². The van der Waals surface area contributed by atoms with Gasteiger partial charge in [0, 0.05) is 36.6 Å². The van der Waals surface area contributed by atoms with Gasteiger partial charge in [0.15, 0.2) is 0 Å². The lowest BCUT2D eigenvalue weighted by atomic mass is 10.3. The first-order valence-corrected chi connectivity index (χ1v) is 11.2. The Hall–Kier alpha value is -3.27. The molecular formula is C21H23F2N5O2S. The number of rotatable bonds is 8. The summed E-state index contributed by atoms with van der Waals surface area (Å²) in [5.74, 6) is 0.0318. The van der Waals surface area contributed by atoms with Crippen molar-refractivity contribution in [3.05, 3.63) is 66.0 Å². The molecule has 0 aliphatic rings. The van der Waals surface area contributed by atoms with Crippen molar-refractivity contribution in [3.63, 3.8) is 0 Å². The van der Waals surface area contributed by atoms with Gasteiger partial charge in [0.25, 0.3) is 10.0 Å². The van der Waals surface area contributed by atoms with E-state index in [4.69, 9.17) is 0 Å². The summed E-state index contributed by atoms with van der Waals surface area (Å²) in [6.45, 7) is 7.54. The van der Waals surface area contributed by atoms with Crippen molar-refractivity contribution in [1.82, 2.24) is 9.97 Å². The topological polar surface area (TPSA) is 87.2 Å². The molecule has 7 nitrogen and oxygen atoms in total. The number of nitrogens with one attached hydrogen (secondary N) is 2. The molecule has 0 fully saturated rings. The molecule has 0 radical (unpaired) electrons. The van der Waals surface area contributed by atoms with Crippen LogP contribution in [0.2, 0.25) is 0 Å². The molecule has 0 aliphatic heterocycles. The van der Waals surface area contributed by atoms with E-state index in [1.807, 2.05) is 26.8 Å². The van der Waals surface area contributed by atoms with Gasteiger partial charge in [-0.05, 0) is 57.2 Å². The van der Waals surface area contributed by atoms with Crippen LogP contribution < -0.4 is 14.9 Å². The predicted molar refractivity (Wildman–Crippen MR) is 117 cm³/mol. The number of nitrogens with zero attached hydrogens (tertiary/aromatic N) is 3. The quantitative estimate of drug-likeness (QED) is 0.530. The molecule has 2 aromatic carbocycles. The molecule has 2 N–H and O–H groups in total. The van der Waals surface area contributed by atoms with Gasteiger partial charge in [-0.25, -0.2) is 27.2 Å². The summed E-state index contributed by atoms with van der Waals surface area (Å²) in [6.07, 6.45) is 0. The van der Waals surface area contributed by atoms with Crippen LogP contribution in [-0.4, -0.2) is 31.5 Å². The van der Waals surface area contributed by atoms with Gasteiger partial charge < -0.3 is 10.2 Å². The highest BCUT2D eigenvalue weighted by Crippen LogP contribution is 2.23. The fourth-order valence-corrected chi connectivity index (χ4v) is 4.12. The van der Waals surface area contributed by atoms with E-state index in [2.05, 4.69) is 24.9 Å². The van der Waals surface area contributed by atoms with Gasteiger partial charge in [-0.3, -0.25) is 4.72 Å². The highest BCUT2D eigenvalue weighted by atomic mass is 32.2. The minimum atomic E-state index is -4.20. The first kappa shape index (κ1) is 22.4. The van der Waals surface area contributed by atoms with Crippen molar-refractivity contribution in [2.24, 2.45) is 0 Å². The van der Waals surface area contributed by atoms with Gasteiger partial charge in [0.1, 0.15) is 34.0 Å². The zero-order chi connectivity index (χ0) is 22.6. The predicted octanol–water partition coefficient (Wildman–Crippen LogP) is 4.45. The number of hydrogen-bond acceptors (Lipinski definition) is 6. The Morgan fingerprint density at radius 1 is 0.935 bits per heavy atom. The van der Waals surface area contributed by atoms with E-state index in [0.29, 0.717) is 23.4 Å². The molecule has 1 aromatic heterocycles. The zero-order valence-electron chi connectivity index (χ0n) is 17.4. The van der Waals surface area contributed by atoms with Crippen LogP contribution in [-0.2, 0) is 10.0 Å². The van der Waals surface area contributed by atoms with Crippen molar-refractivity contribution in [2.75, 3.05) is 28.0 Å². The first-order chi connectivity index (χ1) is 14.7. The van der Waals surface area contributed by atoms with Crippen LogP contribution in [0.4, 0.5) is 31.8 Å². The van der Waals surface area contributed by atoms with E-state index in [0.717, 1.165) is 31.0 Å². The molecule has 0 saturated heterocycles. The van der Waals surface area contributed by atoms with E-state index in [1.54, 1.807) is 12.1 Å². The summed E-state index contributed by atoms with van der Waals surface area (Å²) >= 11 is 0. The van der Waals surface area contributed by atoms with Crippen LogP contribution in [0.1, 0.15) is 19.7 Å². The minimum Gasteiger partial charge on any atom is -0.357 e. The first-order valence-electron chi connectivity index (χ1n) is 9.67. The molecule has 1 heterocycles. The van der Waals surface area contributed by atoms with Crippen LogP contribution in [0, 0.1) is 18.6 Å². The van der Waals surface area contributed by atoms with Gasteiger partial charge in [0.2, 0.25) is 0 Å². The van der Waals surface area contributed by atoms with Crippen LogP contribution in [0.5, 0.6) is 0 Å². The number of anilines is 4. The highest BCUT2D eigenvalue weighted by molar-refractivity contribution is 7.92. The normalized spacial score (nSPS) is 11.3. The molecule has 0 aliphatic carbocycles. The van der Waals surface area contributed by atoms with Crippen molar-refractivity contribution < 1.29 is 17.2 Å². The lowest BCUT2D eigenvalue weighted by Gasteiger charge is -2.20. The molecule has 3 aromatic rings. The largest absolute Gasteiger partial charge is 0.357 e. The van der Waals surface area contributed by atoms with Crippen molar-refractivity contribution in [1.29, 1.82) is 0 Å². The minimum absolute atomic E-state index is 0.233. The van der Waals surface area contributed by atoms with Gasteiger partial charge >= 0.3 is 0 Å². The Morgan fingerprint density at radius 2 is 1.58 bits per heavy atom. The average molecular weight is 448 g/mol. The van der Waals surface area contributed by atoms with Crippen molar-refractivity contribution in [3.8, 4) is 0 Å². The van der Waals surface area contributed by atoms with E-state index < -0.39 is 26.6 Å². The van der Waals surface area contributed by atoms with Gasteiger partial charge in [-0.2, -0.15) is 0 Å². The van der Waals surface area contributed by atoms with Crippen LogP contribution in [0.3, 0.4) is 0 Å². The lowest BCUT2D eigenvalue weighted by Crippen LogP contribution is -2.23. The summed E-state index contributed by atoms with van der Waals surface area (Å²) in [6, 6.07) is 10.5. The second-order valence-corrected chi connectivity index (χ2v) is 8.36. The molecule has 31 heavy (non-hydrogen) atoms. The number of aryl methyl sites for hydroxylation is 1. The number of benzene rings is 2. The summed E-state index contributed by atoms with van der Waals surface area (Å²) in [5, 5.41) is 3.17. The Kier molecular flexibility index (Phi) is 6.69. The third-order valence-electron chi connectivity index (χ3n) is 4.50. The van der Waals surface area contributed by atoms with Gasteiger partial charge in [0.05, 0.1) is 0 Å². The molecule has 164 valence electrons. The molecule has 3 rings (SSSR count). The van der Waals surface area contributed by atoms with Gasteiger partial charge in [-0.1, -0.05) is 0 Å². The molecule has 0 bridgehead atoms. The molecule has 0 unspecified atom stereocenters. The Morgan fingerprint density at radius 3 is 2.19 bits per heavy atom. The fraction of sp³-hybridized carbons (Fsp3) is 0.238. The van der Waals surface area contributed by atoms with E-state index in [-0.39, 0.29) is 5.69 Å². The molecule has 10 heteroatoms. The summed E-state index contributed by atoms with van der Waals surface area (Å²) in [4.78, 5) is 10.3. The smallest absolute Gasteiger partial charge is 0.264 e. The SMILES string of the molecule is CCN(CC)c1cc(Nc2ccc(NS(=O)(=O)c3ccc(F)cc3F)cc2)nc(C)n1. The van der Waals surface area contributed by atoms with E-state index >= 15 is 0 Å². The summed E-state index contributed by atoms with van der Waals surface area (Å²) in [5.41, 5.74) is 0.913. The van der Waals surface area contributed by atoms with Gasteiger partial charge in [-0.15, -0.1) is 0 Å². The second-order valence-electron chi connectivity index (χ2n) is 6.71. The maximum absolute atomic E-state index is 13.8. The van der Waals surface area contributed by atoms with Crippen LogP contribution in [0.15, 0.2) is 53.4 Å². The van der Waals surface area contributed by atoms with Crippen molar-refractivity contribution in [2.45, 2.75) is 25.7 Å². The molecule has 0 spiro atoms. The number of hydrogen-bond donors (Lipinski definition) is 2. The van der Waals surface area contributed by atoms with Crippen LogP contribution >= 0.6 is 0 Å². The maximum atomic E-state index is 13.8. The highest BCUT2D eigenvalue weighted by Gasteiger charge is 2.19. The Labute approximate surface area is 180 Å². The standard InChI is InChI=1S/C21H23F2N5O2S/c1-4-28(5-2)21-13-20(24-14(3)25-21)26-16-7-9-17(10-8-16)27-31(29,30)19-11-6-15(22)12-18(19)23/h6-13,27H,4-5H2,1-3H3,(H,24,25,26). The average Bonchev–Trinajstić information content (AvgIpc) is 2.69. The number of sulfonamides is 1. The van der Waals surface area contributed by atoms with E-state index in [9.17, 15) is 17.2 Å². The third-order valence-corrected chi connectivity index (χ3v) is 5.92. The third kappa shape index (κ3) is 5.46. The second kappa shape index (κ2) is 9.25. The van der Waals surface area contributed by atoms with E-state index in [1.165, 1.54) is 12.1 Å². The number of aromatic nitrogens is 2. The Balaban J connectivity index is 1.76. The monoisotopic (exact) mass is 447 g/mol. The van der Waals surface area contributed by atoms with Crippen LogP contribution in [0.25, 0.3) is 0 Å². The molecule has 0 atom stereocenters.